The molecule has 0 saturated carbocycles. The summed E-state index contributed by atoms with van der Waals surface area (Å²) in [6.07, 6.45) is 0. The highest BCUT2D eigenvalue weighted by Gasteiger charge is 2.12. The molecule has 0 atom stereocenters. The molecule has 136 valence electrons. The molecule has 0 amide bonds. The van der Waals surface area contributed by atoms with E-state index in [4.69, 9.17) is 37.4 Å². The zero-order valence-corrected chi connectivity index (χ0v) is 15.2. The molecule has 0 N–H and O–H groups in total. The molecule has 26 heavy (non-hydrogen) atoms. The number of halogens is 2. The first-order valence-electron chi connectivity index (χ1n) is 7.40. The highest BCUT2D eigenvalue weighted by molar-refractivity contribution is 6.35. The predicted molar refractivity (Wildman–Crippen MR) is 95.0 cm³/mol. The van der Waals surface area contributed by atoms with Gasteiger partial charge < -0.3 is 14.2 Å². The first-order chi connectivity index (χ1) is 12.3. The van der Waals surface area contributed by atoms with E-state index in [1.165, 1.54) is 43.3 Å². The summed E-state index contributed by atoms with van der Waals surface area (Å²) < 4.78 is 15.0. The van der Waals surface area contributed by atoms with Crippen LogP contribution in [-0.2, 0) is 14.3 Å². The zero-order chi connectivity index (χ0) is 19.1. The molecule has 0 aliphatic carbocycles. The van der Waals surface area contributed by atoms with Crippen molar-refractivity contribution < 1.29 is 28.6 Å². The number of hydrogen-bond donors (Lipinski definition) is 0. The minimum absolute atomic E-state index is 0.259. The van der Waals surface area contributed by atoms with Gasteiger partial charge in [-0.15, -0.1) is 0 Å². The minimum atomic E-state index is -0.721. The maximum atomic E-state index is 12.0. The molecule has 8 heteroatoms. The third-order valence-corrected chi connectivity index (χ3v) is 3.57. The average Bonchev–Trinajstić information content (AvgIpc) is 2.59. The molecule has 2 aromatic carbocycles. The first-order valence-corrected chi connectivity index (χ1v) is 8.16. The Morgan fingerprint density at radius 1 is 0.962 bits per heavy atom. The monoisotopic (exact) mass is 396 g/mol. The fraction of sp³-hybridized carbons (Fsp3) is 0.167. The van der Waals surface area contributed by atoms with E-state index in [1.807, 2.05) is 0 Å². The van der Waals surface area contributed by atoms with Crippen LogP contribution in [0.3, 0.4) is 0 Å². The van der Waals surface area contributed by atoms with Gasteiger partial charge in [0.1, 0.15) is 11.5 Å². The third kappa shape index (κ3) is 6.06. The Bertz CT molecular complexity index is 817. The Morgan fingerprint density at radius 2 is 1.65 bits per heavy atom. The normalized spacial score (nSPS) is 10.1. The molecule has 0 bridgehead atoms. The zero-order valence-electron chi connectivity index (χ0n) is 13.7. The van der Waals surface area contributed by atoms with Crippen LogP contribution in [0.25, 0.3) is 0 Å². The van der Waals surface area contributed by atoms with Crippen molar-refractivity contribution in [3.05, 3.63) is 58.1 Å². The van der Waals surface area contributed by atoms with Crippen molar-refractivity contribution in [1.29, 1.82) is 0 Å². The third-order valence-electron chi connectivity index (χ3n) is 3.04. The molecular weight excluding hydrogens is 383 g/mol. The van der Waals surface area contributed by atoms with Gasteiger partial charge in [-0.3, -0.25) is 9.59 Å². The van der Waals surface area contributed by atoms with Crippen molar-refractivity contribution in [3.8, 4) is 11.5 Å². The number of ketones is 1. The van der Waals surface area contributed by atoms with Gasteiger partial charge in [-0.2, -0.15) is 0 Å². The van der Waals surface area contributed by atoms with Gasteiger partial charge in [-0.1, -0.05) is 23.2 Å². The Labute approximate surface area is 159 Å². The molecule has 0 heterocycles. The maximum absolute atomic E-state index is 12.0. The quantitative estimate of drug-likeness (QED) is 0.403. The summed E-state index contributed by atoms with van der Waals surface area (Å²) in [4.78, 5) is 34.5. The summed E-state index contributed by atoms with van der Waals surface area (Å²) in [5.41, 5.74) is 0.315. The Kier molecular flexibility index (Phi) is 7.00. The van der Waals surface area contributed by atoms with Crippen LogP contribution in [-0.4, -0.2) is 30.9 Å². The second-order valence-corrected chi connectivity index (χ2v) is 5.91. The van der Waals surface area contributed by atoms with Gasteiger partial charge >= 0.3 is 11.9 Å². The molecule has 0 spiro atoms. The number of hydrogen-bond acceptors (Lipinski definition) is 6. The first kappa shape index (κ1) is 19.8. The smallest absolute Gasteiger partial charge is 0.344 e. The van der Waals surface area contributed by atoms with Crippen molar-refractivity contribution >= 4 is 40.9 Å². The molecule has 0 aliphatic heterocycles. The van der Waals surface area contributed by atoms with Crippen LogP contribution in [0.1, 0.15) is 17.3 Å². The number of rotatable bonds is 7. The summed E-state index contributed by atoms with van der Waals surface area (Å²) in [6.45, 7) is 0.432. The van der Waals surface area contributed by atoms with Gasteiger partial charge in [0.25, 0.3) is 0 Å². The second kappa shape index (κ2) is 9.22. The fourth-order valence-electron chi connectivity index (χ4n) is 1.87. The largest absolute Gasteiger partial charge is 0.480 e. The summed E-state index contributed by atoms with van der Waals surface area (Å²) in [6, 6.07) is 10.5. The van der Waals surface area contributed by atoms with E-state index < -0.39 is 30.9 Å². The van der Waals surface area contributed by atoms with Gasteiger partial charge in [0.05, 0.1) is 5.02 Å². The Balaban J connectivity index is 1.81. The van der Waals surface area contributed by atoms with Crippen LogP contribution in [0.2, 0.25) is 10.0 Å². The van der Waals surface area contributed by atoms with Crippen LogP contribution < -0.4 is 9.47 Å². The van der Waals surface area contributed by atoms with E-state index in [-0.39, 0.29) is 10.8 Å². The number of Topliss-reactive ketones (excluding diaryl/α,β-unsaturated/α-hetero) is 1. The predicted octanol–water partition coefficient (Wildman–Crippen LogP) is 3.72. The standard InChI is InChI=1S/C18H14Cl2O6/c1-11(21)26-14-5-2-12(3-6-14)16(22)9-25-18(23)10-24-17-7-4-13(19)8-15(17)20/h2-8H,9-10H2,1H3. The lowest BCUT2D eigenvalue weighted by Crippen LogP contribution is -2.19. The lowest BCUT2D eigenvalue weighted by Gasteiger charge is -2.08. The van der Waals surface area contributed by atoms with Crippen molar-refractivity contribution in [2.45, 2.75) is 6.92 Å². The van der Waals surface area contributed by atoms with E-state index >= 15 is 0 Å². The van der Waals surface area contributed by atoms with Crippen molar-refractivity contribution in [1.82, 2.24) is 0 Å². The number of ether oxygens (including phenoxy) is 3. The van der Waals surface area contributed by atoms with Gasteiger partial charge in [0.15, 0.2) is 19.0 Å². The van der Waals surface area contributed by atoms with Gasteiger partial charge in [0, 0.05) is 17.5 Å². The Morgan fingerprint density at radius 3 is 2.27 bits per heavy atom. The molecule has 0 aliphatic rings. The van der Waals surface area contributed by atoms with Gasteiger partial charge in [-0.25, -0.2) is 4.79 Å². The summed E-state index contributed by atoms with van der Waals surface area (Å²) in [5, 5.41) is 0.699. The number of carbonyl (C=O) groups excluding carboxylic acids is 3. The molecule has 2 aromatic rings. The molecule has 0 saturated heterocycles. The highest BCUT2D eigenvalue weighted by Crippen LogP contribution is 2.27. The van der Waals surface area contributed by atoms with Crippen LogP contribution in [0.4, 0.5) is 0 Å². The number of esters is 2. The fourth-order valence-corrected chi connectivity index (χ4v) is 2.34. The van der Waals surface area contributed by atoms with Crippen molar-refractivity contribution in [2.24, 2.45) is 0 Å². The van der Waals surface area contributed by atoms with Gasteiger partial charge in [0.2, 0.25) is 0 Å². The summed E-state index contributed by atoms with van der Waals surface area (Å²) in [5.74, 6) is -0.989. The Hall–Kier alpha value is -2.57. The van der Waals surface area contributed by atoms with Crippen LogP contribution in [0, 0.1) is 0 Å². The highest BCUT2D eigenvalue weighted by atomic mass is 35.5. The van der Waals surface area contributed by atoms with Crippen molar-refractivity contribution in [2.75, 3.05) is 13.2 Å². The maximum Gasteiger partial charge on any atom is 0.344 e. The van der Waals surface area contributed by atoms with E-state index in [2.05, 4.69) is 0 Å². The van der Waals surface area contributed by atoms with E-state index in [0.717, 1.165) is 0 Å². The van der Waals surface area contributed by atoms with E-state index in [0.29, 0.717) is 16.3 Å². The number of carbonyl (C=O) groups is 3. The molecule has 0 fully saturated rings. The SMILES string of the molecule is CC(=O)Oc1ccc(C(=O)COC(=O)COc2ccc(Cl)cc2Cl)cc1. The number of benzene rings is 2. The molecule has 6 nitrogen and oxygen atoms in total. The van der Waals surface area contributed by atoms with Crippen molar-refractivity contribution in [3.63, 3.8) is 0 Å². The summed E-state index contributed by atoms with van der Waals surface area (Å²) >= 11 is 11.7. The topological polar surface area (TPSA) is 78.9 Å². The summed E-state index contributed by atoms with van der Waals surface area (Å²) in [7, 11) is 0. The minimum Gasteiger partial charge on any atom is -0.480 e. The van der Waals surface area contributed by atoms with Crippen LogP contribution in [0.15, 0.2) is 42.5 Å². The van der Waals surface area contributed by atoms with Crippen LogP contribution >= 0.6 is 23.2 Å². The molecule has 0 radical (unpaired) electrons. The van der Waals surface area contributed by atoms with Crippen LogP contribution in [0.5, 0.6) is 11.5 Å². The van der Waals surface area contributed by atoms with E-state index in [9.17, 15) is 14.4 Å². The van der Waals surface area contributed by atoms with Gasteiger partial charge in [-0.05, 0) is 42.5 Å². The lowest BCUT2D eigenvalue weighted by molar-refractivity contribution is -0.144. The molecule has 2 rings (SSSR count). The second-order valence-electron chi connectivity index (χ2n) is 5.07. The molecule has 0 aromatic heterocycles. The molecule has 0 unspecified atom stereocenters. The molecular formula is C18H14Cl2O6. The lowest BCUT2D eigenvalue weighted by atomic mass is 10.1. The average molecular weight is 397 g/mol. The van der Waals surface area contributed by atoms with E-state index in [1.54, 1.807) is 6.07 Å².